The summed E-state index contributed by atoms with van der Waals surface area (Å²) in [6, 6.07) is 12.5. The fourth-order valence-electron chi connectivity index (χ4n) is 3.27. The van der Waals surface area contributed by atoms with E-state index in [4.69, 9.17) is 14.2 Å². The molecule has 1 fully saturated rings. The Balaban J connectivity index is 1.67. The molecule has 0 saturated carbocycles. The van der Waals surface area contributed by atoms with Crippen LogP contribution in [0, 0.1) is 0 Å². The van der Waals surface area contributed by atoms with Gasteiger partial charge in [-0.05, 0) is 36.4 Å². The molecule has 0 atom stereocenters. The molecule has 1 aliphatic rings. The number of methoxy groups -OCH3 is 3. The standard InChI is InChI=1S/C21H24N2O5/c1-26-18-8-7-15(14-19(18)27-2)20(24)23-11-9-22(10-12-23)17-6-4-5-16(13-17)21(25)28-3/h4-8,13-14H,9-12H2,1-3H3. The predicted molar refractivity (Wildman–Crippen MR) is 105 cm³/mol. The van der Waals surface area contributed by atoms with Gasteiger partial charge in [-0.25, -0.2) is 4.79 Å². The summed E-state index contributed by atoms with van der Waals surface area (Å²) in [4.78, 5) is 28.6. The van der Waals surface area contributed by atoms with E-state index in [-0.39, 0.29) is 11.9 Å². The van der Waals surface area contributed by atoms with Crippen molar-refractivity contribution in [3.05, 3.63) is 53.6 Å². The van der Waals surface area contributed by atoms with Crippen LogP contribution in [0.1, 0.15) is 20.7 Å². The molecule has 148 valence electrons. The topological polar surface area (TPSA) is 68.3 Å². The van der Waals surface area contributed by atoms with E-state index in [2.05, 4.69) is 4.90 Å². The highest BCUT2D eigenvalue weighted by atomic mass is 16.5. The lowest BCUT2D eigenvalue weighted by Gasteiger charge is -2.36. The number of nitrogens with zero attached hydrogens (tertiary/aromatic N) is 2. The third-order valence-corrected chi connectivity index (χ3v) is 4.83. The Morgan fingerprint density at radius 1 is 0.821 bits per heavy atom. The summed E-state index contributed by atoms with van der Waals surface area (Å²) in [5, 5.41) is 0. The Bertz CT molecular complexity index is 860. The van der Waals surface area contributed by atoms with Gasteiger partial charge in [0.15, 0.2) is 11.5 Å². The maximum Gasteiger partial charge on any atom is 0.337 e. The van der Waals surface area contributed by atoms with Crippen molar-refractivity contribution in [1.29, 1.82) is 0 Å². The van der Waals surface area contributed by atoms with Crippen molar-refractivity contribution >= 4 is 17.6 Å². The van der Waals surface area contributed by atoms with Gasteiger partial charge in [0.25, 0.3) is 5.91 Å². The van der Waals surface area contributed by atoms with Crippen molar-refractivity contribution in [3.8, 4) is 11.5 Å². The highest BCUT2D eigenvalue weighted by Gasteiger charge is 2.23. The van der Waals surface area contributed by atoms with Gasteiger partial charge in [0.1, 0.15) is 0 Å². The zero-order valence-corrected chi connectivity index (χ0v) is 16.3. The van der Waals surface area contributed by atoms with Crippen molar-refractivity contribution < 1.29 is 23.8 Å². The number of ether oxygens (including phenoxy) is 3. The van der Waals surface area contributed by atoms with Gasteiger partial charge in [0.2, 0.25) is 0 Å². The van der Waals surface area contributed by atoms with E-state index < -0.39 is 0 Å². The molecule has 0 bridgehead atoms. The van der Waals surface area contributed by atoms with Crippen molar-refractivity contribution in [3.63, 3.8) is 0 Å². The molecule has 2 aromatic carbocycles. The number of carbonyl (C=O) groups is 2. The molecule has 1 amide bonds. The number of amides is 1. The minimum absolute atomic E-state index is 0.0380. The Morgan fingerprint density at radius 2 is 1.54 bits per heavy atom. The quantitative estimate of drug-likeness (QED) is 0.738. The maximum absolute atomic E-state index is 12.8. The van der Waals surface area contributed by atoms with E-state index in [9.17, 15) is 9.59 Å². The van der Waals surface area contributed by atoms with Crippen molar-refractivity contribution in [2.45, 2.75) is 0 Å². The minimum Gasteiger partial charge on any atom is -0.493 e. The normalized spacial score (nSPS) is 13.8. The van der Waals surface area contributed by atoms with E-state index in [1.165, 1.54) is 7.11 Å². The first kappa shape index (κ1) is 19.5. The van der Waals surface area contributed by atoms with E-state index in [0.29, 0.717) is 48.8 Å². The number of hydrogen-bond acceptors (Lipinski definition) is 6. The SMILES string of the molecule is COC(=O)c1cccc(N2CCN(C(=O)c3ccc(OC)c(OC)c3)CC2)c1. The number of rotatable bonds is 5. The average Bonchev–Trinajstić information content (AvgIpc) is 2.77. The van der Waals surface area contributed by atoms with Crippen LogP contribution in [0.2, 0.25) is 0 Å². The van der Waals surface area contributed by atoms with Gasteiger partial charge in [0, 0.05) is 37.4 Å². The molecular formula is C21H24N2O5. The summed E-state index contributed by atoms with van der Waals surface area (Å²) in [6.07, 6.45) is 0. The maximum atomic E-state index is 12.8. The van der Waals surface area contributed by atoms with Crippen LogP contribution in [0.25, 0.3) is 0 Å². The summed E-state index contributed by atoms with van der Waals surface area (Å²) in [6.45, 7) is 2.55. The molecule has 0 aromatic heterocycles. The molecule has 0 N–H and O–H groups in total. The first-order valence-electron chi connectivity index (χ1n) is 9.02. The van der Waals surface area contributed by atoms with Gasteiger partial charge >= 0.3 is 5.97 Å². The van der Waals surface area contributed by atoms with Crippen molar-refractivity contribution in [2.75, 3.05) is 52.4 Å². The van der Waals surface area contributed by atoms with Crippen LogP contribution >= 0.6 is 0 Å². The highest BCUT2D eigenvalue weighted by molar-refractivity contribution is 5.95. The third-order valence-electron chi connectivity index (χ3n) is 4.83. The van der Waals surface area contributed by atoms with Gasteiger partial charge in [-0.2, -0.15) is 0 Å². The lowest BCUT2D eigenvalue weighted by atomic mass is 10.1. The van der Waals surface area contributed by atoms with Gasteiger partial charge < -0.3 is 24.0 Å². The summed E-state index contributed by atoms with van der Waals surface area (Å²) in [5.74, 6) is 0.731. The zero-order chi connectivity index (χ0) is 20.1. The fourth-order valence-corrected chi connectivity index (χ4v) is 3.27. The predicted octanol–water partition coefficient (Wildman–Crippen LogP) is 2.45. The summed E-state index contributed by atoms with van der Waals surface area (Å²) in [5.41, 5.74) is 2.03. The first-order chi connectivity index (χ1) is 13.6. The van der Waals surface area contributed by atoms with E-state index in [1.807, 2.05) is 23.1 Å². The molecular weight excluding hydrogens is 360 g/mol. The van der Waals surface area contributed by atoms with Gasteiger partial charge in [-0.15, -0.1) is 0 Å². The highest BCUT2D eigenvalue weighted by Crippen LogP contribution is 2.28. The van der Waals surface area contributed by atoms with Crippen molar-refractivity contribution in [2.24, 2.45) is 0 Å². The molecule has 7 nitrogen and oxygen atoms in total. The van der Waals surface area contributed by atoms with Crippen LogP contribution in [0.4, 0.5) is 5.69 Å². The molecule has 7 heteroatoms. The molecule has 0 aliphatic carbocycles. The largest absolute Gasteiger partial charge is 0.493 e. The van der Waals surface area contributed by atoms with Crippen molar-refractivity contribution in [1.82, 2.24) is 4.90 Å². The molecule has 1 saturated heterocycles. The van der Waals surface area contributed by atoms with E-state index in [0.717, 1.165) is 5.69 Å². The van der Waals surface area contributed by atoms with Crippen LogP contribution in [0.3, 0.4) is 0 Å². The Morgan fingerprint density at radius 3 is 2.18 bits per heavy atom. The summed E-state index contributed by atoms with van der Waals surface area (Å²) >= 11 is 0. The van der Waals surface area contributed by atoms with Gasteiger partial charge in [-0.3, -0.25) is 4.79 Å². The summed E-state index contributed by atoms with van der Waals surface area (Å²) in [7, 11) is 4.48. The van der Waals surface area contributed by atoms with Gasteiger partial charge in [-0.1, -0.05) is 6.07 Å². The number of esters is 1. The molecule has 3 rings (SSSR count). The second-order valence-corrected chi connectivity index (χ2v) is 6.39. The van der Waals surface area contributed by atoms with Crippen LogP contribution in [0.15, 0.2) is 42.5 Å². The summed E-state index contributed by atoms with van der Waals surface area (Å²) < 4.78 is 15.3. The Hall–Kier alpha value is -3.22. The second kappa shape index (κ2) is 8.65. The minimum atomic E-state index is -0.357. The van der Waals surface area contributed by atoms with Crippen LogP contribution < -0.4 is 14.4 Å². The van der Waals surface area contributed by atoms with Crippen LogP contribution in [-0.4, -0.2) is 64.3 Å². The fraction of sp³-hybridized carbons (Fsp3) is 0.333. The number of carbonyl (C=O) groups excluding carboxylic acids is 2. The lowest BCUT2D eigenvalue weighted by molar-refractivity contribution is 0.0600. The van der Waals surface area contributed by atoms with Crippen LogP contribution in [0.5, 0.6) is 11.5 Å². The molecule has 1 heterocycles. The molecule has 0 spiro atoms. The zero-order valence-electron chi connectivity index (χ0n) is 16.3. The molecule has 0 unspecified atom stereocenters. The molecule has 1 aliphatic heterocycles. The molecule has 2 aromatic rings. The number of piperazine rings is 1. The lowest BCUT2D eigenvalue weighted by Crippen LogP contribution is -2.48. The smallest absolute Gasteiger partial charge is 0.337 e. The average molecular weight is 384 g/mol. The van der Waals surface area contributed by atoms with Crippen LogP contribution in [-0.2, 0) is 4.74 Å². The van der Waals surface area contributed by atoms with E-state index >= 15 is 0 Å². The molecule has 28 heavy (non-hydrogen) atoms. The first-order valence-corrected chi connectivity index (χ1v) is 9.02. The van der Waals surface area contributed by atoms with E-state index in [1.54, 1.807) is 38.5 Å². The second-order valence-electron chi connectivity index (χ2n) is 6.39. The number of hydrogen-bond donors (Lipinski definition) is 0. The Labute approximate surface area is 164 Å². The monoisotopic (exact) mass is 384 g/mol. The third kappa shape index (κ3) is 4.03. The Kier molecular flexibility index (Phi) is 6.03. The number of benzene rings is 2. The van der Waals surface area contributed by atoms with Gasteiger partial charge in [0.05, 0.1) is 26.9 Å². The molecule has 0 radical (unpaired) electrons. The number of anilines is 1.